The van der Waals surface area contributed by atoms with Gasteiger partial charge in [-0.15, -0.1) is 10.2 Å². The zero-order valence-corrected chi connectivity index (χ0v) is 11.4. The monoisotopic (exact) mass is 302 g/mol. The molecule has 20 heavy (non-hydrogen) atoms. The van der Waals surface area contributed by atoms with Crippen LogP contribution >= 0.6 is 11.3 Å². The predicted molar refractivity (Wildman–Crippen MR) is 69.7 cm³/mol. The number of nitrogens with zero attached hydrogens (tertiary/aromatic N) is 2. The first kappa shape index (κ1) is 15.8. The van der Waals surface area contributed by atoms with Crippen LogP contribution in [0.5, 0.6) is 0 Å². The molecule has 110 valence electrons. The molecule has 1 aromatic heterocycles. The van der Waals surface area contributed by atoms with Crippen molar-refractivity contribution >= 4 is 34.4 Å². The average Bonchev–Trinajstić information content (AvgIpc) is 2.72. The van der Waals surface area contributed by atoms with E-state index in [0.717, 1.165) is 11.3 Å². The summed E-state index contributed by atoms with van der Waals surface area (Å²) >= 11 is 1.15. The Morgan fingerprint density at radius 2 is 2.00 bits per heavy atom. The van der Waals surface area contributed by atoms with E-state index in [-0.39, 0.29) is 24.4 Å². The molecule has 0 unspecified atom stereocenters. The molecule has 1 rings (SSSR count). The van der Waals surface area contributed by atoms with Gasteiger partial charge in [-0.05, 0) is 19.8 Å². The fraction of sp³-hybridized carbons (Fsp3) is 0.500. The molecule has 0 spiro atoms. The number of aryl methyl sites for hydroxylation is 1. The van der Waals surface area contributed by atoms with E-state index in [1.54, 1.807) is 6.92 Å². The van der Waals surface area contributed by atoms with Crippen molar-refractivity contribution < 1.29 is 24.6 Å². The minimum absolute atomic E-state index is 0.0319. The zero-order valence-electron chi connectivity index (χ0n) is 10.6. The van der Waals surface area contributed by atoms with Crippen LogP contribution in [-0.2, 0) is 9.59 Å². The van der Waals surface area contributed by atoms with Crippen molar-refractivity contribution in [3.05, 3.63) is 5.01 Å². The zero-order chi connectivity index (χ0) is 15.1. The van der Waals surface area contributed by atoms with Gasteiger partial charge in [-0.3, -0.25) is 10.1 Å². The summed E-state index contributed by atoms with van der Waals surface area (Å²) in [5, 5.41) is 30.3. The standard InChI is InChI=1S/C10H14N4O5S/c1-5-13-14-10(20-5)12-9(19)11-6(8(17)18)3-2-4-7(15)16/h6H,2-4H2,1H3,(H,15,16)(H,17,18)(H2,11,12,14,19)/t6-/m1/s1. The third kappa shape index (κ3) is 5.61. The van der Waals surface area contributed by atoms with Crippen molar-refractivity contribution in [1.29, 1.82) is 0 Å². The van der Waals surface area contributed by atoms with E-state index in [4.69, 9.17) is 10.2 Å². The number of carbonyl (C=O) groups is 3. The first-order chi connectivity index (χ1) is 9.38. The Morgan fingerprint density at radius 1 is 1.30 bits per heavy atom. The lowest BCUT2D eigenvalue weighted by Gasteiger charge is -2.13. The Balaban J connectivity index is 2.46. The lowest BCUT2D eigenvalue weighted by atomic mass is 10.1. The average molecular weight is 302 g/mol. The highest BCUT2D eigenvalue weighted by molar-refractivity contribution is 7.15. The number of anilines is 1. The molecule has 1 atom stereocenters. The number of rotatable bonds is 7. The van der Waals surface area contributed by atoms with E-state index >= 15 is 0 Å². The second kappa shape index (κ2) is 7.38. The summed E-state index contributed by atoms with van der Waals surface area (Å²) in [6.07, 6.45) is 0.0391. The summed E-state index contributed by atoms with van der Waals surface area (Å²) in [5.74, 6) is -2.23. The summed E-state index contributed by atoms with van der Waals surface area (Å²) in [4.78, 5) is 32.9. The van der Waals surface area contributed by atoms with Gasteiger partial charge in [0.25, 0.3) is 0 Å². The highest BCUT2D eigenvalue weighted by Gasteiger charge is 2.20. The summed E-state index contributed by atoms with van der Waals surface area (Å²) < 4.78 is 0. The van der Waals surface area contributed by atoms with Crippen LogP contribution in [0.3, 0.4) is 0 Å². The first-order valence-corrected chi connectivity index (χ1v) is 6.52. The van der Waals surface area contributed by atoms with E-state index in [9.17, 15) is 14.4 Å². The summed E-state index contributed by atoms with van der Waals surface area (Å²) in [6, 6.07) is -1.87. The van der Waals surface area contributed by atoms with Crippen LogP contribution in [-0.4, -0.2) is 44.4 Å². The number of carboxylic acids is 2. The third-order valence-corrected chi connectivity index (χ3v) is 2.99. The minimum atomic E-state index is -1.22. The molecular formula is C10H14N4O5S. The van der Waals surface area contributed by atoms with E-state index in [1.165, 1.54) is 0 Å². The van der Waals surface area contributed by atoms with Gasteiger partial charge in [0, 0.05) is 6.42 Å². The molecule has 0 radical (unpaired) electrons. The van der Waals surface area contributed by atoms with Gasteiger partial charge in [-0.25, -0.2) is 9.59 Å². The summed E-state index contributed by atoms with van der Waals surface area (Å²) in [5.41, 5.74) is 0. The number of amides is 2. The van der Waals surface area contributed by atoms with Crippen molar-refractivity contribution in [1.82, 2.24) is 15.5 Å². The summed E-state index contributed by atoms with van der Waals surface area (Å²) in [7, 11) is 0. The van der Waals surface area contributed by atoms with Gasteiger partial charge < -0.3 is 15.5 Å². The van der Waals surface area contributed by atoms with Gasteiger partial charge in [-0.1, -0.05) is 11.3 Å². The van der Waals surface area contributed by atoms with E-state index in [0.29, 0.717) is 5.01 Å². The highest BCUT2D eigenvalue weighted by Crippen LogP contribution is 2.13. The fourth-order valence-corrected chi connectivity index (χ4v) is 1.94. The molecule has 0 aliphatic carbocycles. The predicted octanol–water partition coefficient (Wildman–Crippen LogP) is 0.676. The number of aliphatic carboxylic acids is 2. The molecule has 0 saturated heterocycles. The lowest BCUT2D eigenvalue weighted by Crippen LogP contribution is -2.43. The van der Waals surface area contributed by atoms with Crippen molar-refractivity contribution in [2.24, 2.45) is 0 Å². The number of carboxylic acid groups (broad SMARTS) is 2. The maximum atomic E-state index is 11.6. The van der Waals surface area contributed by atoms with Gasteiger partial charge in [0.15, 0.2) is 0 Å². The Bertz CT molecular complexity index is 504. The second-order valence-electron chi connectivity index (χ2n) is 3.90. The van der Waals surface area contributed by atoms with Crippen molar-refractivity contribution in [2.45, 2.75) is 32.2 Å². The third-order valence-electron chi connectivity index (χ3n) is 2.23. The smallest absolute Gasteiger partial charge is 0.326 e. The molecule has 2 amide bonds. The van der Waals surface area contributed by atoms with Gasteiger partial charge in [-0.2, -0.15) is 0 Å². The molecule has 4 N–H and O–H groups in total. The molecular weight excluding hydrogens is 288 g/mol. The Hall–Kier alpha value is -2.23. The Morgan fingerprint density at radius 3 is 2.50 bits per heavy atom. The van der Waals surface area contributed by atoms with Crippen LogP contribution in [0.25, 0.3) is 0 Å². The number of carbonyl (C=O) groups excluding carboxylic acids is 1. The van der Waals surface area contributed by atoms with Gasteiger partial charge in [0.1, 0.15) is 11.0 Å². The normalized spacial score (nSPS) is 11.7. The van der Waals surface area contributed by atoms with Gasteiger partial charge in [0.05, 0.1) is 0 Å². The maximum absolute atomic E-state index is 11.6. The minimum Gasteiger partial charge on any atom is -0.481 e. The molecule has 1 aromatic rings. The number of hydrogen-bond donors (Lipinski definition) is 4. The van der Waals surface area contributed by atoms with Crippen LogP contribution in [0.15, 0.2) is 0 Å². The Kier molecular flexibility index (Phi) is 5.84. The molecule has 0 aliphatic heterocycles. The van der Waals surface area contributed by atoms with Crippen LogP contribution in [0.2, 0.25) is 0 Å². The highest BCUT2D eigenvalue weighted by atomic mass is 32.1. The maximum Gasteiger partial charge on any atom is 0.326 e. The number of hydrogen-bond acceptors (Lipinski definition) is 6. The molecule has 0 aliphatic rings. The summed E-state index contributed by atoms with van der Waals surface area (Å²) in [6.45, 7) is 1.71. The molecule has 0 aromatic carbocycles. The first-order valence-electron chi connectivity index (χ1n) is 5.70. The van der Waals surface area contributed by atoms with Crippen molar-refractivity contribution in [2.75, 3.05) is 5.32 Å². The molecule has 1 heterocycles. The Labute approximate surface area is 118 Å². The molecule has 9 nitrogen and oxygen atoms in total. The van der Waals surface area contributed by atoms with Crippen LogP contribution < -0.4 is 10.6 Å². The lowest BCUT2D eigenvalue weighted by molar-refractivity contribution is -0.140. The number of urea groups is 1. The van der Waals surface area contributed by atoms with Crippen molar-refractivity contribution in [3.63, 3.8) is 0 Å². The van der Waals surface area contributed by atoms with E-state index in [1.807, 2.05) is 0 Å². The van der Waals surface area contributed by atoms with Crippen LogP contribution in [0.4, 0.5) is 9.93 Å². The molecule has 10 heteroatoms. The van der Waals surface area contributed by atoms with Crippen LogP contribution in [0, 0.1) is 6.92 Å². The molecule has 0 saturated carbocycles. The van der Waals surface area contributed by atoms with E-state index < -0.39 is 24.0 Å². The second-order valence-corrected chi connectivity index (χ2v) is 5.08. The molecule has 0 bridgehead atoms. The molecule has 0 fully saturated rings. The number of aromatic nitrogens is 2. The van der Waals surface area contributed by atoms with E-state index in [2.05, 4.69) is 20.8 Å². The quantitative estimate of drug-likeness (QED) is 0.580. The van der Waals surface area contributed by atoms with Gasteiger partial charge in [0.2, 0.25) is 5.13 Å². The fourth-order valence-electron chi connectivity index (χ4n) is 1.35. The SMILES string of the molecule is Cc1nnc(NC(=O)N[C@H](CCCC(=O)O)C(=O)O)s1. The largest absolute Gasteiger partial charge is 0.481 e. The topological polar surface area (TPSA) is 142 Å². The number of nitrogens with one attached hydrogen (secondary N) is 2. The van der Waals surface area contributed by atoms with Crippen LogP contribution in [0.1, 0.15) is 24.3 Å². The van der Waals surface area contributed by atoms with Gasteiger partial charge >= 0.3 is 18.0 Å². The van der Waals surface area contributed by atoms with Crippen molar-refractivity contribution in [3.8, 4) is 0 Å².